The van der Waals surface area contributed by atoms with Crippen LogP contribution in [0.25, 0.3) is 0 Å². The summed E-state index contributed by atoms with van der Waals surface area (Å²) in [5, 5.41) is 10.2. The molecule has 0 spiro atoms. The summed E-state index contributed by atoms with van der Waals surface area (Å²) >= 11 is 0. The molecule has 2 heterocycles. The smallest absolute Gasteiger partial charge is 0.254 e. The van der Waals surface area contributed by atoms with Crippen LogP contribution in [0.4, 0.5) is 4.39 Å². The van der Waals surface area contributed by atoms with Crippen LogP contribution >= 0.6 is 0 Å². The zero-order valence-electron chi connectivity index (χ0n) is 13.2. The van der Waals surface area contributed by atoms with Crippen molar-refractivity contribution in [2.45, 2.75) is 12.2 Å². The van der Waals surface area contributed by atoms with Gasteiger partial charge >= 0.3 is 0 Å². The lowest BCUT2D eigenvalue weighted by Crippen LogP contribution is -2.31. The second kappa shape index (κ2) is 6.25. The van der Waals surface area contributed by atoms with E-state index in [1.54, 1.807) is 24.3 Å². The number of hydrogen-bond donors (Lipinski definition) is 1. The molecular weight excluding hydrogens is 329 g/mol. The molecule has 0 bridgehead atoms. The molecule has 130 valence electrons. The molecule has 2 aromatic rings. The Morgan fingerprint density at radius 1 is 1.16 bits per heavy atom. The topological polar surface area (TPSA) is 68.2 Å². The van der Waals surface area contributed by atoms with Crippen LogP contribution in [0.15, 0.2) is 42.5 Å². The minimum atomic E-state index is -0.846. The van der Waals surface area contributed by atoms with E-state index in [2.05, 4.69) is 0 Å². The molecule has 0 unspecified atom stereocenters. The minimum absolute atomic E-state index is 0.138. The molecule has 1 N–H and O–H groups in total. The monoisotopic (exact) mass is 345 g/mol. The maximum Gasteiger partial charge on any atom is 0.254 e. The van der Waals surface area contributed by atoms with Crippen molar-refractivity contribution in [2.24, 2.45) is 0 Å². The average molecular weight is 345 g/mol. The summed E-state index contributed by atoms with van der Waals surface area (Å²) in [6, 6.07) is 10.7. The Hall–Kier alpha value is -2.80. The van der Waals surface area contributed by atoms with Crippen molar-refractivity contribution >= 4 is 5.91 Å². The van der Waals surface area contributed by atoms with E-state index in [4.69, 9.17) is 14.2 Å². The molecule has 1 fully saturated rings. The molecule has 6 nitrogen and oxygen atoms in total. The Morgan fingerprint density at radius 2 is 2.00 bits per heavy atom. The van der Waals surface area contributed by atoms with Crippen LogP contribution in [0.1, 0.15) is 10.4 Å². The van der Waals surface area contributed by atoms with Gasteiger partial charge in [-0.05, 0) is 30.3 Å². The predicted octanol–water partition coefficient (Wildman–Crippen LogP) is 1.82. The summed E-state index contributed by atoms with van der Waals surface area (Å²) in [6.45, 7) is 0.497. The van der Waals surface area contributed by atoms with Crippen LogP contribution in [0.5, 0.6) is 17.2 Å². The Bertz CT molecular complexity index is 812. The fourth-order valence-electron chi connectivity index (χ4n) is 2.97. The van der Waals surface area contributed by atoms with Crippen molar-refractivity contribution < 1.29 is 28.5 Å². The van der Waals surface area contributed by atoms with Gasteiger partial charge in [-0.3, -0.25) is 4.79 Å². The van der Waals surface area contributed by atoms with Gasteiger partial charge in [0.25, 0.3) is 5.91 Å². The third-order valence-corrected chi connectivity index (χ3v) is 4.23. The van der Waals surface area contributed by atoms with E-state index in [1.165, 1.54) is 23.1 Å². The molecule has 2 atom stereocenters. The number of rotatable bonds is 3. The van der Waals surface area contributed by atoms with Crippen molar-refractivity contribution in [1.82, 2.24) is 4.90 Å². The highest BCUT2D eigenvalue weighted by Gasteiger charge is 2.36. The number of benzene rings is 2. The van der Waals surface area contributed by atoms with Crippen LogP contribution in [0, 0.1) is 5.82 Å². The van der Waals surface area contributed by atoms with E-state index >= 15 is 0 Å². The summed E-state index contributed by atoms with van der Waals surface area (Å²) in [4.78, 5) is 14.2. The highest BCUT2D eigenvalue weighted by molar-refractivity contribution is 5.95. The summed E-state index contributed by atoms with van der Waals surface area (Å²) < 4.78 is 29.4. The van der Waals surface area contributed by atoms with Gasteiger partial charge in [-0.25, -0.2) is 4.39 Å². The van der Waals surface area contributed by atoms with Gasteiger partial charge in [0.2, 0.25) is 6.79 Å². The predicted molar refractivity (Wildman–Crippen MR) is 85.3 cm³/mol. The lowest BCUT2D eigenvalue weighted by molar-refractivity contribution is 0.0728. The molecule has 1 saturated heterocycles. The van der Waals surface area contributed by atoms with E-state index in [9.17, 15) is 14.3 Å². The molecule has 1 amide bonds. The molecule has 0 aromatic heterocycles. The van der Waals surface area contributed by atoms with E-state index in [-0.39, 0.29) is 25.8 Å². The molecule has 0 radical (unpaired) electrons. The van der Waals surface area contributed by atoms with Gasteiger partial charge in [-0.2, -0.15) is 0 Å². The van der Waals surface area contributed by atoms with E-state index in [0.29, 0.717) is 22.8 Å². The van der Waals surface area contributed by atoms with Gasteiger partial charge in [-0.15, -0.1) is 0 Å². The zero-order valence-corrected chi connectivity index (χ0v) is 13.2. The molecular formula is C18H16FNO5. The normalized spacial score (nSPS) is 21.4. The fraction of sp³-hybridized carbons (Fsp3) is 0.278. The van der Waals surface area contributed by atoms with Crippen LogP contribution in [0.2, 0.25) is 0 Å². The van der Waals surface area contributed by atoms with Crippen molar-refractivity contribution in [3.8, 4) is 17.2 Å². The fourth-order valence-corrected chi connectivity index (χ4v) is 2.97. The molecule has 7 heteroatoms. The first kappa shape index (κ1) is 15.7. The first-order valence-corrected chi connectivity index (χ1v) is 7.89. The highest BCUT2D eigenvalue weighted by Crippen LogP contribution is 2.33. The summed E-state index contributed by atoms with van der Waals surface area (Å²) in [7, 11) is 0. The number of aliphatic hydroxyl groups is 1. The number of nitrogens with zero attached hydrogens (tertiary/aromatic N) is 1. The Labute approximate surface area is 143 Å². The van der Waals surface area contributed by atoms with Crippen LogP contribution < -0.4 is 14.2 Å². The highest BCUT2D eigenvalue weighted by atomic mass is 19.1. The number of amides is 1. The van der Waals surface area contributed by atoms with Gasteiger partial charge in [0.15, 0.2) is 11.5 Å². The third-order valence-electron chi connectivity index (χ3n) is 4.23. The lowest BCUT2D eigenvalue weighted by Gasteiger charge is -2.17. The summed E-state index contributed by atoms with van der Waals surface area (Å²) in [6.07, 6.45) is -1.46. The molecule has 2 aliphatic heterocycles. The number of hydrogen-bond acceptors (Lipinski definition) is 5. The van der Waals surface area contributed by atoms with Crippen molar-refractivity contribution in [2.75, 3.05) is 19.9 Å². The van der Waals surface area contributed by atoms with Gasteiger partial charge in [0.05, 0.1) is 13.1 Å². The number of ether oxygens (including phenoxy) is 3. The number of aliphatic hydroxyl groups excluding tert-OH is 1. The second-order valence-corrected chi connectivity index (χ2v) is 5.96. The number of halogens is 1. The Morgan fingerprint density at radius 3 is 2.84 bits per heavy atom. The van der Waals surface area contributed by atoms with Gasteiger partial charge in [0.1, 0.15) is 23.8 Å². The van der Waals surface area contributed by atoms with E-state index in [1.807, 2.05) is 0 Å². The SMILES string of the molecule is O=C(c1ccc2c(c1)OCO2)N1C[C@@H](O)[C@H](Oc2cccc(F)c2)C1. The van der Waals surface area contributed by atoms with Gasteiger partial charge < -0.3 is 24.2 Å². The average Bonchev–Trinajstić information content (AvgIpc) is 3.20. The molecule has 4 rings (SSSR count). The summed E-state index contributed by atoms with van der Waals surface area (Å²) in [5.74, 6) is 0.797. The largest absolute Gasteiger partial charge is 0.486 e. The number of carbonyl (C=O) groups excluding carboxylic acids is 1. The van der Waals surface area contributed by atoms with E-state index in [0.717, 1.165) is 0 Å². The molecule has 0 aliphatic carbocycles. The number of carbonyl (C=O) groups is 1. The second-order valence-electron chi connectivity index (χ2n) is 5.96. The first-order valence-electron chi connectivity index (χ1n) is 7.89. The number of fused-ring (bicyclic) bond motifs is 1. The quantitative estimate of drug-likeness (QED) is 0.919. The molecule has 2 aromatic carbocycles. The molecule has 0 saturated carbocycles. The standard InChI is InChI=1S/C18H16FNO5/c19-12-2-1-3-13(7-12)25-17-9-20(8-14(17)21)18(22)11-4-5-15-16(6-11)24-10-23-15/h1-7,14,17,21H,8-10H2/t14-,17-/m1/s1. The van der Waals surface area contributed by atoms with Crippen molar-refractivity contribution in [1.29, 1.82) is 0 Å². The zero-order chi connectivity index (χ0) is 17.4. The van der Waals surface area contributed by atoms with Crippen LogP contribution in [0.3, 0.4) is 0 Å². The number of β-amino-alcohol motifs (C(OH)–C–C–N with tert-alkyl or cyclic N) is 1. The van der Waals surface area contributed by atoms with Crippen LogP contribution in [-0.4, -0.2) is 48.0 Å². The van der Waals surface area contributed by atoms with Crippen LogP contribution in [-0.2, 0) is 0 Å². The maximum absolute atomic E-state index is 13.2. The van der Waals surface area contributed by atoms with Gasteiger partial charge in [0, 0.05) is 11.6 Å². The molecule has 25 heavy (non-hydrogen) atoms. The molecule has 2 aliphatic rings. The third kappa shape index (κ3) is 3.10. The van der Waals surface area contributed by atoms with E-state index < -0.39 is 18.0 Å². The first-order chi connectivity index (χ1) is 12.1. The Kier molecular flexibility index (Phi) is 3.93. The van der Waals surface area contributed by atoms with Gasteiger partial charge in [-0.1, -0.05) is 6.07 Å². The Balaban J connectivity index is 1.46. The van der Waals surface area contributed by atoms with Crippen molar-refractivity contribution in [3.05, 3.63) is 53.8 Å². The minimum Gasteiger partial charge on any atom is -0.486 e. The van der Waals surface area contributed by atoms with Crippen molar-refractivity contribution in [3.63, 3.8) is 0 Å². The maximum atomic E-state index is 13.2. The lowest BCUT2D eigenvalue weighted by atomic mass is 10.2. The number of likely N-dealkylation sites (tertiary alicyclic amines) is 1. The summed E-state index contributed by atoms with van der Waals surface area (Å²) in [5.41, 5.74) is 0.447.